The summed E-state index contributed by atoms with van der Waals surface area (Å²) < 4.78 is 0. The van der Waals surface area contributed by atoms with Crippen molar-refractivity contribution in [3.63, 3.8) is 0 Å². The molecule has 2 N–H and O–H groups in total. The van der Waals surface area contributed by atoms with E-state index in [4.69, 9.17) is 0 Å². The first-order valence-corrected chi connectivity index (χ1v) is 12.8. The minimum absolute atomic E-state index is 0.100. The van der Waals surface area contributed by atoms with Crippen LogP contribution in [0.4, 0.5) is 5.69 Å². The number of H-pyrrole nitrogens is 1. The van der Waals surface area contributed by atoms with Gasteiger partial charge in [0.25, 0.3) is 17.4 Å². The third-order valence-electron chi connectivity index (χ3n) is 4.32. The Hall–Kier alpha value is -3.70. The molecule has 8 heteroatoms. The van der Waals surface area contributed by atoms with Crippen LogP contribution in [0.5, 0.6) is 0 Å². The molecular weight excluding hydrogens is 398 g/mol. The molecule has 1 amide bonds. The number of nitro groups is 1. The average molecular weight is 420 g/mol. The first-order valence-electron chi connectivity index (χ1n) is 9.34. The highest BCUT2D eigenvalue weighted by molar-refractivity contribution is 6.83. The Labute approximate surface area is 174 Å². The number of nitrogens with zero attached hydrogens (tertiary/aromatic N) is 1. The number of Topliss-reactive ketones (excluding diaryl/α,β-unsaturated/α-hetero) is 1. The number of ketones is 1. The van der Waals surface area contributed by atoms with Gasteiger partial charge in [-0.15, -0.1) is 5.54 Å². The predicted molar refractivity (Wildman–Crippen MR) is 118 cm³/mol. The normalized spacial score (nSPS) is 10.9. The fraction of sp³-hybridized carbons (Fsp3) is 0.182. The molecular formula is C22H21N3O4Si. The molecule has 0 saturated carbocycles. The van der Waals surface area contributed by atoms with E-state index >= 15 is 0 Å². The Morgan fingerprint density at radius 3 is 2.47 bits per heavy atom. The van der Waals surface area contributed by atoms with Crippen LogP contribution in [-0.4, -0.2) is 29.7 Å². The van der Waals surface area contributed by atoms with Gasteiger partial charge in [0.2, 0.25) is 0 Å². The minimum atomic E-state index is -1.45. The number of amides is 1. The summed E-state index contributed by atoms with van der Waals surface area (Å²) in [4.78, 5) is 38.2. The number of nitrogens with one attached hydrogen (secondary N) is 2. The van der Waals surface area contributed by atoms with Crippen LogP contribution >= 0.6 is 0 Å². The molecule has 0 atom stereocenters. The summed E-state index contributed by atoms with van der Waals surface area (Å²) in [6.07, 6.45) is 1.39. The smallest absolute Gasteiger partial charge is 0.292 e. The Morgan fingerprint density at radius 2 is 1.83 bits per heavy atom. The summed E-state index contributed by atoms with van der Waals surface area (Å²) in [5.41, 5.74) is 5.54. The van der Waals surface area contributed by atoms with Crippen LogP contribution in [0.2, 0.25) is 19.6 Å². The van der Waals surface area contributed by atoms with Gasteiger partial charge >= 0.3 is 0 Å². The van der Waals surface area contributed by atoms with E-state index in [2.05, 4.69) is 41.4 Å². The molecule has 0 aliphatic heterocycles. The van der Waals surface area contributed by atoms with Gasteiger partial charge in [0.05, 0.1) is 10.5 Å². The van der Waals surface area contributed by atoms with E-state index in [0.717, 1.165) is 11.1 Å². The lowest BCUT2D eigenvalue weighted by Gasteiger charge is -2.05. The third-order valence-corrected chi connectivity index (χ3v) is 5.19. The Balaban J connectivity index is 1.68. The zero-order valence-corrected chi connectivity index (χ0v) is 17.9. The fourth-order valence-electron chi connectivity index (χ4n) is 2.76. The third kappa shape index (κ3) is 5.01. The topological polar surface area (TPSA) is 105 Å². The number of non-ortho nitro benzene ring substituents is 1. The standard InChI is InChI=1S/C22H21N3O4Si/c1-30(2,3)11-10-15-4-6-16(7-5-15)13-24-22(27)21(26)19-14-23-20-9-8-17(25(28)29)12-18(19)20/h4-9,12,14,23H,13H2,1-3H3,(H,24,27). The first kappa shape index (κ1) is 21.0. The second kappa shape index (κ2) is 8.35. The molecule has 0 unspecified atom stereocenters. The highest BCUT2D eigenvalue weighted by atomic mass is 28.3. The predicted octanol–water partition coefficient (Wildman–Crippen LogP) is 3.80. The molecule has 0 radical (unpaired) electrons. The quantitative estimate of drug-likeness (QED) is 0.164. The van der Waals surface area contributed by atoms with Crippen molar-refractivity contribution in [2.45, 2.75) is 26.2 Å². The molecule has 7 nitrogen and oxygen atoms in total. The molecule has 0 aliphatic rings. The van der Waals surface area contributed by atoms with E-state index in [9.17, 15) is 19.7 Å². The van der Waals surface area contributed by atoms with Crippen molar-refractivity contribution in [2.75, 3.05) is 0 Å². The Kier molecular flexibility index (Phi) is 5.85. The lowest BCUT2D eigenvalue weighted by molar-refractivity contribution is -0.384. The maximum absolute atomic E-state index is 12.5. The average Bonchev–Trinajstić information content (AvgIpc) is 3.13. The molecule has 1 aromatic heterocycles. The number of rotatable bonds is 5. The number of fused-ring (bicyclic) bond motifs is 1. The van der Waals surface area contributed by atoms with Crippen LogP contribution in [0.15, 0.2) is 48.7 Å². The molecule has 0 fully saturated rings. The van der Waals surface area contributed by atoms with E-state index in [0.29, 0.717) is 10.9 Å². The highest BCUT2D eigenvalue weighted by Crippen LogP contribution is 2.24. The molecule has 152 valence electrons. The molecule has 3 rings (SSSR count). The Bertz CT molecular complexity index is 1200. The monoisotopic (exact) mass is 419 g/mol. The summed E-state index contributed by atoms with van der Waals surface area (Å²) in [5, 5.41) is 13.9. The van der Waals surface area contributed by atoms with Crippen molar-refractivity contribution < 1.29 is 14.5 Å². The molecule has 0 aliphatic carbocycles. The number of hydrogen-bond acceptors (Lipinski definition) is 4. The van der Waals surface area contributed by atoms with E-state index in [1.807, 2.05) is 24.3 Å². The van der Waals surface area contributed by atoms with Gasteiger partial charge in [-0.1, -0.05) is 37.7 Å². The molecule has 0 saturated heterocycles. The number of carbonyl (C=O) groups excluding carboxylic acids is 2. The highest BCUT2D eigenvalue weighted by Gasteiger charge is 2.21. The number of aromatic amines is 1. The number of carbonyl (C=O) groups is 2. The van der Waals surface area contributed by atoms with Crippen molar-refractivity contribution in [3.8, 4) is 11.5 Å². The van der Waals surface area contributed by atoms with Gasteiger partial charge in [-0.05, 0) is 23.8 Å². The lowest BCUT2D eigenvalue weighted by atomic mass is 10.1. The van der Waals surface area contributed by atoms with Crippen molar-refractivity contribution in [2.24, 2.45) is 0 Å². The Morgan fingerprint density at radius 1 is 1.13 bits per heavy atom. The summed E-state index contributed by atoms with van der Waals surface area (Å²) in [5.74, 6) is 1.64. The van der Waals surface area contributed by atoms with Gasteiger partial charge in [-0.3, -0.25) is 19.7 Å². The minimum Gasteiger partial charge on any atom is -0.360 e. The maximum Gasteiger partial charge on any atom is 0.292 e. The van der Waals surface area contributed by atoms with Gasteiger partial charge < -0.3 is 10.3 Å². The van der Waals surface area contributed by atoms with E-state index in [-0.39, 0.29) is 17.8 Å². The van der Waals surface area contributed by atoms with Crippen LogP contribution in [0.1, 0.15) is 21.5 Å². The van der Waals surface area contributed by atoms with Crippen molar-refractivity contribution in [1.82, 2.24) is 10.3 Å². The van der Waals surface area contributed by atoms with Crippen LogP contribution in [-0.2, 0) is 11.3 Å². The second-order valence-electron chi connectivity index (χ2n) is 7.90. The van der Waals surface area contributed by atoms with Crippen LogP contribution < -0.4 is 5.32 Å². The molecule has 0 bridgehead atoms. The first-order chi connectivity index (χ1) is 14.1. The zero-order chi connectivity index (χ0) is 21.9. The van der Waals surface area contributed by atoms with Crippen molar-refractivity contribution >= 4 is 36.4 Å². The molecule has 3 aromatic rings. The number of aromatic nitrogens is 1. The number of hydrogen-bond donors (Lipinski definition) is 2. The summed E-state index contributed by atoms with van der Waals surface area (Å²) >= 11 is 0. The summed E-state index contributed by atoms with van der Waals surface area (Å²) in [6.45, 7) is 6.71. The van der Waals surface area contributed by atoms with Gasteiger partial charge in [0.1, 0.15) is 8.07 Å². The molecule has 1 heterocycles. The van der Waals surface area contributed by atoms with Crippen molar-refractivity contribution in [1.29, 1.82) is 0 Å². The SMILES string of the molecule is C[Si](C)(C)C#Cc1ccc(CNC(=O)C(=O)c2c[nH]c3ccc([N+](=O)[O-])cc23)cc1. The van der Waals surface area contributed by atoms with Gasteiger partial charge in [0.15, 0.2) is 0 Å². The second-order valence-corrected chi connectivity index (χ2v) is 12.6. The molecule has 2 aromatic carbocycles. The van der Waals surface area contributed by atoms with Gasteiger partial charge in [-0.25, -0.2) is 0 Å². The zero-order valence-electron chi connectivity index (χ0n) is 16.9. The van der Waals surface area contributed by atoms with Crippen LogP contribution in [0, 0.1) is 21.6 Å². The lowest BCUT2D eigenvalue weighted by Crippen LogP contribution is -2.30. The summed E-state index contributed by atoms with van der Waals surface area (Å²) in [6, 6.07) is 11.6. The fourth-order valence-corrected chi connectivity index (χ4v) is 3.28. The van der Waals surface area contributed by atoms with E-state index in [1.165, 1.54) is 24.4 Å². The van der Waals surface area contributed by atoms with Gasteiger partial charge in [-0.2, -0.15) is 0 Å². The van der Waals surface area contributed by atoms with Crippen molar-refractivity contribution in [3.05, 3.63) is 75.5 Å². The van der Waals surface area contributed by atoms with E-state index < -0.39 is 24.7 Å². The molecule has 0 spiro atoms. The largest absolute Gasteiger partial charge is 0.360 e. The van der Waals surface area contributed by atoms with Crippen LogP contribution in [0.3, 0.4) is 0 Å². The van der Waals surface area contributed by atoms with E-state index in [1.54, 1.807) is 0 Å². The number of benzene rings is 2. The summed E-state index contributed by atoms with van der Waals surface area (Å²) in [7, 11) is -1.45. The number of nitro benzene ring substituents is 1. The molecule has 30 heavy (non-hydrogen) atoms. The maximum atomic E-state index is 12.5. The van der Waals surface area contributed by atoms with Crippen LogP contribution in [0.25, 0.3) is 10.9 Å². The van der Waals surface area contributed by atoms with Gasteiger partial charge in [0, 0.05) is 41.3 Å².